The molecule has 0 bridgehead atoms. The maximum atomic E-state index is 5.01. The van der Waals surface area contributed by atoms with Crippen LogP contribution in [0.25, 0.3) is 0 Å². The molecule has 0 rings (SSSR count). The van der Waals surface area contributed by atoms with Crippen LogP contribution in [0.4, 0.5) is 0 Å². The zero-order valence-corrected chi connectivity index (χ0v) is 5.46. The van der Waals surface area contributed by atoms with Crippen molar-refractivity contribution in [2.24, 2.45) is 0 Å². The first kappa shape index (κ1) is 7.31. The van der Waals surface area contributed by atoms with E-state index < -0.39 is 0 Å². The van der Waals surface area contributed by atoms with E-state index in [2.05, 4.69) is 12.6 Å². The van der Waals surface area contributed by atoms with Crippen molar-refractivity contribution in [3.8, 4) is 0 Å². The van der Waals surface area contributed by atoms with Gasteiger partial charge in [0.2, 0.25) is 0 Å². The summed E-state index contributed by atoms with van der Waals surface area (Å²) in [5.74, 6) is 0.819. The Kier molecular flexibility index (Phi) is 6.59. The standard InChI is InChI=1S/C5H11OS/c1-2-6-4-3-5-7/h2-5H2,1H3. The molecule has 0 aromatic rings. The molecular formula is C5H11OS. The summed E-state index contributed by atoms with van der Waals surface area (Å²) in [6.07, 6.45) is 1.02. The molecule has 0 saturated heterocycles. The van der Waals surface area contributed by atoms with Crippen molar-refractivity contribution in [3.63, 3.8) is 0 Å². The van der Waals surface area contributed by atoms with Gasteiger partial charge in [-0.2, -0.15) is 0 Å². The van der Waals surface area contributed by atoms with Gasteiger partial charge in [0.1, 0.15) is 0 Å². The average Bonchev–Trinajstić information content (AvgIpc) is 1.69. The molecule has 7 heavy (non-hydrogen) atoms. The summed E-state index contributed by atoms with van der Waals surface area (Å²) < 4.78 is 5.01. The van der Waals surface area contributed by atoms with Crippen molar-refractivity contribution < 1.29 is 4.74 Å². The fourth-order valence-electron chi connectivity index (χ4n) is 0.305. The van der Waals surface area contributed by atoms with E-state index >= 15 is 0 Å². The third-order valence-electron chi connectivity index (χ3n) is 0.637. The Morgan fingerprint density at radius 1 is 1.57 bits per heavy atom. The minimum Gasteiger partial charge on any atom is -0.382 e. The van der Waals surface area contributed by atoms with Crippen LogP contribution in [-0.2, 0) is 4.74 Å². The second kappa shape index (κ2) is 6.31. The summed E-state index contributed by atoms with van der Waals surface area (Å²) in [5, 5.41) is 0. The first-order chi connectivity index (χ1) is 3.41. The molecule has 0 aliphatic carbocycles. The minimum atomic E-state index is 0.815. The Morgan fingerprint density at radius 3 is 2.71 bits per heavy atom. The molecule has 0 aliphatic heterocycles. The third-order valence-corrected chi connectivity index (χ3v) is 0.926. The van der Waals surface area contributed by atoms with E-state index in [0.717, 1.165) is 25.4 Å². The Balaban J connectivity index is 2.45. The fourth-order valence-corrected chi connectivity index (χ4v) is 0.423. The van der Waals surface area contributed by atoms with Gasteiger partial charge in [0, 0.05) is 19.0 Å². The molecule has 0 fully saturated rings. The lowest BCUT2D eigenvalue weighted by atomic mass is 10.5. The number of rotatable bonds is 4. The highest BCUT2D eigenvalue weighted by atomic mass is 32.1. The first-order valence-electron chi connectivity index (χ1n) is 2.57. The normalized spacial score (nSPS) is 9.43. The predicted octanol–water partition coefficient (Wildman–Crippen LogP) is 1.61. The van der Waals surface area contributed by atoms with Crippen LogP contribution in [0.1, 0.15) is 13.3 Å². The summed E-state index contributed by atoms with van der Waals surface area (Å²) in [5.41, 5.74) is 0. The Hall–Kier alpha value is 0.310. The molecule has 1 nitrogen and oxygen atoms in total. The van der Waals surface area contributed by atoms with Crippen LogP contribution in [0, 0.1) is 0 Å². The third kappa shape index (κ3) is 6.31. The summed E-state index contributed by atoms with van der Waals surface area (Å²) in [6, 6.07) is 0. The number of hydrogen-bond donors (Lipinski definition) is 0. The van der Waals surface area contributed by atoms with Crippen molar-refractivity contribution >= 4 is 12.6 Å². The lowest BCUT2D eigenvalue weighted by Gasteiger charge is -1.94. The summed E-state index contributed by atoms with van der Waals surface area (Å²) in [6.45, 7) is 3.64. The van der Waals surface area contributed by atoms with Crippen molar-refractivity contribution in [1.29, 1.82) is 0 Å². The molecule has 2 heteroatoms. The van der Waals surface area contributed by atoms with Gasteiger partial charge in [-0.3, -0.25) is 0 Å². The van der Waals surface area contributed by atoms with Crippen LogP contribution in [0.5, 0.6) is 0 Å². The largest absolute Gasteiger partial charge is 0.382 e. The van der Waals surface area contributed by atoms with E-state index in [0.29, 0.717) is 0 Å². The SMILES string of the molecule is CCOCCC[S]. The number of hydrogen-bond acceptors (Lipinski definition) is 1. The molecule has 43 valence electrons. The molecule has 1 radical (unpaired) electrons. The van der Waals surface area contributed by atoms with E-state index in [1.54, 1.807) is 0 Å². The van der Waals surface area contributed by atoms with Gasteiger partial charge in [-0.1, -0.05) is 12.6 Å². The second-order valence-electron chi connectivity index (χ2n) is 1.25. The van der Waals surface area contributed by atoms with Crippen molar-refractivity contribution in [3.05, 3.63) is 0 Å². The van der Waals surface area contributed by atoms with E-state index in [9.17, 15) is 0 Å². The van der Waals surface area contributed by atoms with Crippen molar-refractivity contribution in [1.82, 2.24) is 0 Å². The molecule has 0 saturated carbocycles. The van der Waals surface area contributed by atoms with Crippen LogP contribution in [0.2, 0.25) is 0 Å². The van der Waals surface area contributed by atoms with Gasteiger partial charge in [0.25, 0.3) is 0 Å². The van der Waals surface area contributed by atoms with Crippen molar-refractivity contribution in [2.75, 3.05) is 19.0 Å². The monoisotopic (exact) mass is 119 g/mol. The smallest absolute Gasteiger partial charge is 0.0474 e. The Bertz CT molecular complexity index is 27.3. The van der Waals surface area contributed by atoms with Gasteiger partial charge in [-0.25, -0.2) is 0 Å². The Labute approximate surface area is 50.5 Å². The van der Waals surface area contributed by atoms with E-state index in [-0.39, 0.29) is 0 Å². The highest BCUT2D eigenvalue weighted by Crippen LogP contribution is 1.83. The molecule has 0 spiro atoms. The molecule has 0 atom stereocenters. The molecule has 0 amide bonds. The predicted molar refractivity (Wildman–Crippen MR) is 33.6 cm³/mol. The molecule has 0 unspecified atom stereocenters. The van der Waals surface area contributed by atoms with Gasteiger partial charge in [0.05, 0.1) is 0 Å². The molecule has 0 aliphatic rings. The topological polar surface area (TPSA) is 9.23 Å². The number of ether oxygens (including phenoxy) is 1. The maximum absolute atomic E-state index is 5.01. The molecule has 0 aromatic heterocycles. The van der Waals surface area contributed by atoms with Gasteiger partial charge < -0.3 is 4.74 Å². The summed E-state index contributed by atoms with van der Waals surface area (Å²) in [4.78, 5) is 0. The van der Waals surface area contributed by atoms with Gasteiger partial charge >= 0.3 is 0 Å². The minimum absolute atomic E-state index is 0.815. The highest BCUT2D eigenvalue weighted by Gasteiger charge is 1.79. The quantitative estimate of drug-likeness (QED) is 0.511. The Morgan fingerprint density at radius 2 is 2.29 bits per heavy atom. The zero-order valence-electron chi connectivity index (χ0n) is 4.64. The van der Waals surface area contributed by atoms with Crippen LogP contribution in [0.15, 0.2) is 0 Å². The zero-order chi connectivity index (χ0) is 5.54. The van der Waals surface area contributed by atoms with Crippen molar-refractivity contribution in [2.45, 2.75) is 13.3 Å². The average molecular weight is 119 g/mol. The highest BCUT2D eigenvalue weighted by molar-refractivity contribution is 7.80. The van der Waals surface area contributed by atoms with Gasteiger partial charge in [0.15, 0.2) is 0 Å². The molecule has 0 aromatic carbocycles. The lowest BCUT2D eigenvalue weighted by molar-refractivity contribution is 0.149. The lowest BCUT2D eigenvalue weighted by Crippen LogP contribution is -1.92. The van der Waals surface area contributed by atoms with Crippen LogP contribution < -0.4 is 0 Å². The van der Waals surface area contributed by atoms with Gasteiger partial charge in [-0.15, -0.1) is 0 Å². The molecule has 0 N–H and O–H groups in total. The van der Waals surface area contributed by atoms with Gasteiger partial charge in [-0.05, 0) is 13.3 Å². The van der Waals surface area contributed by atoms with E-state index in [1.165, 1.54) is 0 Å². The molecule has 0 heterocycles. The van der Waals surface area contributed by atoms with E-state index in [1.807, 2.05) is 6.92 Å². The van der Waals surface area contributed by atoms with Crippen LogP contribution in [0.3, 0.4) is 0 Å². The molecular weight excluding hydrogens is 108 g/mol. The first-order valence-corrected chi connectivity index (χ1v) is 3.15. The second-order valence-corrected chi connectivity index (χ2v) is 1.66. The van der Waals surface area contributed by atoms with E-state index in [4.69, 9.17) is 4.74 Å². The fraction of sp³-hybridized carbons (Fsp3) is 1.00. The van der Waals surface area contributed by atoms with Crippen LogP contribution >= 0.6 is 12.6 Å². The summed E-state index contributed by atoms with van der Waals surface area (Å²) >= 11 is 4.69. The summed E-state index contributed by atoms with van der Waals surface area (Å²) in [7, 11) is 0. The maximum Gasteiger partial charge on any atom is 0.0474 e. The van der Waals surface area contributed by atoms with Crippen LogP contribution in [-0.4, -0.2) is 19.0 Å².